The van der Waals surface area contributed by atoms with Crippen LogP contribution in [-0.4, -0.2) is 43.8 Å². The van der Waals surface area contributed by atoms with Crippen molar-refractivity contribution in [2.45, 2.75) is 104 Å². The Morgan fingerprint density at radius 1 is 0.750 bits per heavy atom. The third-order valence-corrected chi connectivity index (χ3v) is 4.73. The van der Waals surface area contributed by atoms with Crippen LogP contribution in [0.3, 0.4) is 0 Å². The summed E-state index contributed by atoms with van der Waals surface area (Å²) in [6.45, 7) is 6.93. The highest BCUT2D eigenvalue weighted by atomic mass is 16.6. The van der Waals surface area contributed by atoms with Crippen LogP contribution >= 0.6 is 0 Å². The highest BCUT2D eigenvalue weighted by Gasteiger charge is 2.15. The molecule has 28 heavy (non-hydrogen) atoms. The van der Waals surface area contributed by atoms with Crippen LogP contribution in [0.4, 0.5) is 4.79 Å². The molecule has 1 amide bonds. The van der Waals surface area contributed by atoms with E-state index in [-0.39, 0.29) is 18.4 Å². The van der Waals surface area contributed by atoms with Crippen molar-refractivity contribution < 1.29 is 19.1 Å². The van der Waals surface area contributed by atoms with Gasteiger partial charge in [-0.05, 0) is 12.3 Å². The van der Waals surface area contributed by atoms with Gasteiger partial charge >= 0.3 is 12.1 Å². The Morgan fingerprint density at radius 3 is 1.68 bits per heavy atom. The van der Waals surface area contributed by atoms with Gasteiger partial charge in [0.25, 0.3) is 0 Å². The fourth-order valence-electron chi connectivity index (χ4n) is 2.96. The van der Waals surface area contributed by atoms with Crippen molar-refractivity contribution in [3.63, 3.8) is 0 Å². The maximum atomic E-state index is 11.7. The van der Waals surface area contributed by atoms with Gasteiger partial charge in [0.2, 0.25) is 0 Å². The molecule has 0 atom stereocenters. The lowest BCUT2D eigenvalue weighted by Crippen LogP contribution is -2.34. The number of carbonyl (C=O) groups excluding carboxylic acids is 2. The van der Waals surface area contributed by atoms with Crippen LogP contribution < -0.4 is 0 Å². The van der Waals surface area contributed by atoms with E-state index in [0.29, 0.717) is 13.2 Å². The summed E-state index contributed by atoms with van der Waals surface area (Å²) < 4.78 is 10.3. The molecule has 0 spiro atoms. The molecule has 0 aromatic carbocycles. The van der Waals surface area contributed by atoms with E-state index in [2.05, 4.69) is 6.92 Å². The third kappa shape index (κ3) is 18.1. The highest BCUT2D eigenvalue weighted by Crippen LogP contribution is 2.12. The molecule has 0 heterocycles. The second kappa shape index (κ2) is 19.1. The standard InChI is InChI=1S/C23H45NO4/c1-5-6-7-8-9-10-11-12-13-14-15-16-17-18-27-22(25)19-24(4)23(26)28-20-21(2)3/h21H,5-20H2,1-4H3. The van der Waals surface area contributed by atoms with Gasteiger partial charge in [-0.1, -0.05) is 97.8 Å². The quantitative estimate of drug-likeness (QED) is 0.199. The van der Waals surface area contributed by atoms with Crippen LogP contribution in [0.1, 0.15) is 104 Å². The lowest BCUT2D eigenvalue weighted by molar-refractivity contribution is -0.144. The summed E-state index contributed by atoms with van der Waals surface area (Å²) in [4.78, 5) is 24.7. The van der Waals surface area contributed by atoms with Crippen molar-refractivity contribution in [2.75, 3.05) is 26.8 Å². The minimum Gasteiger partial charge on any atom is -0.464 e. The largest absolute Gasteiger partial charge is 0.464 e. The minimum absolute atomic E-state index is 0.0601. The lowest BCUT2D eigenvalue weighted by atomic mass is 10.0. The molecular formula is C23H45NO4. The fourth-order valence-corrected chi connectivity index (χ4v) is 2.96. The number of hydrogen-bond acceptors (Lipinski definition) is 4. The molecule has 5 heteroatoms. The van der Waals surface area contributed by atoms with Crippen molar-refractivity contribution in [1.82, 2.24) is 4.90 Å². The smallest absolute Gasteiger partial charge is 0.410 e. The van der Waals surface area contributed by atoms with Crippen molar-refractivity contribution in [2.24, 2.45) is 5.92 Å². The number of unbranched alkanes of at least 4 members (excludes halogenated alkanes) is 12. The number of carbonyl (C=O) groups is 2. The summed E-state index contributed by atoms with van der Waals surface area (Å²) in [6, 6.07) is 0. The molecule has 0 aromatic rings. The zero-order chi connectivity index (χ0) is 21.0. The number of amides is 1. The second-order valence-electron chi connectivity index (χ2n) is 8.29. The molecule has 0 unspecified atom stereocenters. The van der Waals surface area contributed by atoms with E-state index < -0.39 is 6.09 Å². The fraction of sp³-hybridized carbons (Fsp3) is 0.913. The summed E-state index contributed by atoms with van der Waals surface area (Å²) in [6.07, 6.45) is 16.3. The normalized spacial score (nSPS) is 10.9. The van der Waals surface area contributed by atoms with Crippen LogP contribution in [0.15, 0.2) is 0 Å². The molecule has 0 rings (SSSR count). The zero-order valence-corrected chi connectivity index (χ0v) is 19.0. The third-order valence-electron chi connectivity index (χ3n) is 4.73. The molecule has 0 saturated carbocycles. The number of hydrogen-bond donors (Lipinski definition) is 0. The van der Waals surface area contributed by atoms with E-state index in [1.54, 1.807) is 7.05 Å². The summed E-state index contributed by atoms with van der Waals surface area (Å²) >= 11 is 0. The van der Waals surface area contributed by atoms with Gasteiger partial charge in [-0.25, -0.2) is 4.79 Å². The van der Waals surface area contributed by atoms with Gasteiger partial charge in [0.15, 0.2) is 0 Å². The van der Waals surface area contributed by atoms with Gasteiger partial charge in [-0.3, -0.25) is 4.79 Å². The van der Waals surface area contributed by atoms with Gasteiger partial charge < -0.3 is 14.4 Å². The lowest BCUT2D eigenvalue weighted by Gasteiger charge is -2.17. The number of rotatable bonds is 18. The van der Waals surface area contributed by atoms with Gasteiger partial charge in [0, 0.05) is 7.05 Å². The summed E-state index contributed by atoms with van der Waals surface area (Å²) in [5.74, 6) is -0.0946. The predicted molar refractivity (Wildman–Crippen MR) is 115 cm³/mol. The Hall–Kier alpha value is -1.26. The van der Waals surface area contributed by atoms with Crippen molar-refractivity contribution in [3.8, 4) is 0 Å². The number of likely N-dealkylation sites (N-methyl/N-ethyl adjacent to an activating group) is 1. The second-order valence-corrected chi connectivity index (χ2v) is 8.29. The van der Waals surface area contributed by atoms with Crippen LogP contribution in [0.2, 0.25) is 0 Å². The number of esters is 1. The van der Waals surface area contributed by atoms with Gasteiger partial charge in [0.05, 0.1) is 13.2 Å². The number of ether oxygens (including phenoxy) is 2. The molecule has 0 fully saturated rings. The van der Waals surface area contributed by atoms with Crippen molar-refractivity contribution >= 4 is 12.1 Å². The first-order valence-electron chi connectivity index (χ1n) is 11.5. The van der Waals surface area contributed by atoms with E-state index in [1.165, 1.54) is 75.5 Å². The molecule has 0 aliphatic carbocycles. The van der Waals surface area contributed by atoms with Crippen molar-refractivity contribution in [3.05, 3.63) is 0 Å². The first kappa shape index (κ1) is 26.7. The average molecular weight is 400 g/mol. The Kier molecular flexibility index (Phi) is 18.2. The predicted octanol–water partition coefficient (Wildman–Crippen LogP) is 6.35. The Bertz CT molecular complexity index is 385. The first-order chi connectivity index (χ1) is 13.5. The van der Waals surface area contributed by atoms with E-state index in [4.69, 9.17) is 9.47 Å². The molecule has 0 N–H and O–H groups in total. The molecule has 5 nitrogen and oxygen atoms in total. The van der Waals surface area contributed by atoms with Crippen molar-refractivity contribution in [1.29, 1.82) is 0 Å². The van der Waals surface area contributed by atoms with Crippen LogP contribution in [0.25, 0.3) is 0 Å². The Balaban J connectivity index is 3.39. The topological polar surface area (TPSA) is 55.8 Å². The molecule has 0 aromatic heterocycles. The van der Waals surface area contributed by atoms with E-state index >= 15 is 0 Å². The maximum Gasteiger partial charge on any atom is 0.410 e. The molecule has 0 saturated heterocycles. The van der Waals surface area contributed by atoms with E-state index in [0.717, 1.165) is 12.8 Å². The number of nitrogens with zero attached hydrogens (tertiary/aromatic N) is 1. The molecule has 0 radical (unpaired) electrons. The molecule has 0 bridgehead atoms. The highest BCUT2D eigenvalue weighted by molar-refractivity contribution is 5.77. The van der Waals surface area contributed by atoms with Crippen LogP contribution in [0.5, 0.6) is 0 Å². The molecule has 166 valence electrons. The first-order valence-corrected chi connectivity index (χ1v) is 11.5. The van der Waals surface area contributed by atoms with E-state index in [1.807, 2.05) is 13.8 Å². The average Bonchev–Trinajstić information content (AvgIpc) is 2.66. The maximum absolute atomic E-state index is 11.7. The van der Waals surface area contributed by atoms with Crippen LogP contribution in [-0.2, 0) is 14.3 Å². The van der Waals surface area contributed by atoms with Gasteiger partial charge in [-0.15, -0.1) is 0 Å². The van der Waals surface area contributed by atoms with Gasteiger partial charge in [0.1, 0.15) is 6.54 Å². The van der Waals surface area contributed by atoms with E-state index in [9.17, 15) is 9.59 Å². The minimum atomic E-state index is -0.480. The molecule has 0 aliphatic heterocycles. The molecular weight excluding hydrogens is 354 g/mol. The monoisotopic (exact) mass is 399 g/mol. The van der Waals surface area contributed by atoms with Gasteiger partial charge in [-0.2, -0.15) is 0 Å². The Labute approximate surface area is 173 Å². The summed E-state index contributed by atoms with van der Waals surface area (Å²) in [5.41, 5.74) is 0. The molecule has 0 aliphatic rings. The Morgan fingerprint density at radius 2 is 1.21 bits per heavy atom. The van der Waals surface area contributed by atoms with Crippen LogP contribution in [0, 0.1) is 5.92 Å². The SMILES string of the molecule is CCCCCCCCCCCCCCCOC(=O)CN(C)C(=O)OCC(C)C. The summed E-state index contributed by atoms with van der Waals surface area (Å²) in [7, 11) is 1.55. The summed E-state index contributed by atoms with van der Waals surface area (Å²) in [5, 5.41) is 0. The zero-order valence-electron chi connectivity index (χ0n) is 19.0.